The standard InChI is InChI=1S/C30H28F4N8O3/c1-16-26(18-10-19-14-36-40(2)29(19)35-13-18)39-42(20-5-7-22(32)24(34)12-20)28(16)38-30(43)37-25-15-41(8-9-44-3)45-27(25)17-4-6-21(31)23(33)11-17/h4-7,10-14,25,27H,8-9,15H2,1-3H3,(H2,37,38,43)/t25-,27+/m1/s1. The number of fused-ring (bicyclic) bond motifs is 1. The van der Waals surface area contributed by atoms with Crippen LogP contribution < -0.4 is 10.6 Å². The summed E-state index contributed by atoms with van der Waals surface area (Å²) in [5.74, 6) is -4.01. The van der Waals surface area contributed by atoms with Gasteiger partial charge in [0.1, 0.15) is 11.9 Å². The van der Waals surface area contributed by atoms with Crippen LogP contribution in [0.15, 0.2) is 54.9 Å². The van der Waals surface area contributed by atoms with Crippen LogP contribution in [0.4, 0.5) is 28.2 Å². The van der Waals surface area contributed by atoms with E-state index in [-0.39, 0.29) is 18.1 Å². The highest BCUT2D eigenvalue weighted by Gasteiger charge is 2.37. The molecule has 234 valence electrons. The van der Waals surface area contributed by atoms with Gasteiger partial charge < -0.3 is 10.1 Å². The molecule has 1 saturated heterocycles. The summed E-state index contributed by atoms with van der Waals surface area (Å²) in [5, 5.41) is 16.8. The number of carbonyl (C=O) groups is 1. The number of benzene rings is 2. The first-order valence-electron chi connectivity index (χ1n) is 13.9. The molecule has 2 amide bonds. The van der Waals surface area contributed by atoms with Crippen LogP contribution in [0.5, 0.6) is 0 Å². The van der Waals surface area contributed by atoms with Gasteiger partial charge in [0.25, 0.3) is 0 Å². The van der Waals surface area contributed by atoms with Crippen molar-refractivity contribution in [2.75, 3.05) is 32.1 Å². The molecule has 45 heavy (non-hydrogen) atoms. The summed E-state index contributed by atoms with van der Waals surface area (Å²) in [7, 11) is 3.30. The lowest BCUT2D eigenvalue weighted by Crippen LogP contribution is -2.42. The minimum Gasteiger partial charge on any atom is -0.383 e. The summed E-state index contributed by atoms with van der Waals surface area (Å²) in [5.41, 5.74) is 2.69. The third-order valence-corrected chi connectivity index (χ3v) is 7.51. The number of methoxy groups -OCH3 is 1. The van der Waals surface area contributed by atoms with Crippen LogP contribution in [0.25, 0.3) is 28.0 Å². The highest BCUT2D eigenvalue weighted by Crippen LogP contribution is 2.33. The number of anilines is 1. The molecule has 4 heterocycles. The van der Waals surface area contributed by atoms with Gasteiger partial charge in [0.15, 0.2) is 28.9 Å². The van der Waals surface area contributed by atoms with Gasteiger partial charge in [0, 0.05) is 56.0 Å². The molecule has 1 aliphatic rings. The van der Waals surface area contributed by atoms with Crippen LogP contribution in [-0.4, -0.2) is 68.5 Å². The molecule has 0 radical (unpaired) electrons. The lowest BCUT2D eigenvalue weighted by molar-refractivity contribution is -0.154. The molecular weight excluding hydrogens is 596 g/mol. The van der Waals surface area contributed by atoms with Gasteiger partial charge in [-0.25, -0.2) is 32.0 Å². The fraction of sp³-hybridized carbons (Fsp3) is 0.267. The van der Waals surface area contributed by atoms with Crippen LogP contribution in [0.1, 0.15) is 17.2 Å². The van der Waals surface area contributed by atoms with Crippen molar-refractivity contribution in [1.29, 1.82) is 0 Å². The lowest BCUT2D eigenvalue weighted by Gasteiger charge is -2.20. The number of pyridine rings is 1. The van der Waals surface area contributed by atoms with Crippen LogP contribution in [-0.2, 0) is 16.6 Å². The first kappa shape index (κ1) is 30.2. The number of aryl methyl sites for hydroxylation is 1. The Morgan fingerprint density at radius 1 is 1.04 bits per heavy atom. The van der Waals surface area contributed by atoms with E-state index in [0.29, 0.717) is 41.2 Å². The number of halogens is 4. The maximum Gasteiger partial charge on any atom is 0.320 e. The Balaban J connectivity index is 1.33. The van der Waals surface area contributed by atoms with Crippen molar-refractivity contribution in [3.8, 4) is 16.9 Å². The van der Waals surface area contributed by atoms with E-state index in [1.54, 1.807) is 36.1 Å². The van der Waals surface area contributed by atoms with E-state index >= 15 is 0 Å². The maximum atomic E-state index is 14.3. The third-order valence-electron chi connectivity index (χ3n) is 7.51. The maximum absolute atomic E-state index is 14.3. The van der Waals surface area contributed by atoms with Crippen molar-refractivity contribution < 1.29 is 31.9 Å². The average molecular weight is 625 g/mol. The number of rotatable bonds is 8. The van der Waals surface area contributed by atoms with E-state index in [4.69, 9.17) is 9.57 Å². The molecule has 0 spiro atoms. The van der Waals surface area contributed by atoms with Gasteiger partial charge >= 0.3 is 6.03 Å². The zero-order chi connectivity index (χ0) is 31.8. The first-order valence-corrected chi connectivity index (χ1v) is 13.9. The Kier molecular flexibility index (Phi) is 8.22. The number of nitrogens with zero attached hydrogens (tertiary/aromatic N) is 6. The van der Waals surface area contributed by atoms with Crippen molar-refractivity contribution in [3.05, 3.63) is 89.3 Å². The SMILES string of the molecule is COCCN1C[C@@H](NC(=O)Nc2c(C)c(-c3cnc4c(cnn4C)c3)nn2-c2ccc(F)c(F)c2)[C@H](c2ccc(F)c(F)c2)O1. The first-order chi connectivity index (χ1) is 21.6. The highest BCUT2D eigenvalue weighted by atomic mass is 19.2. The Labute approximate surface area is 254 Å². The summed E-state index contributed by atoms with van der Waals surface area (Å²) >= 11 is 0. The number of nitrogens with one attached hydrogen (secondary N) is 2. The molecule has 11 nitrogen and oxygen atoms in total. The Bertz CT molecular complexity index is 1890. The molecule has 0 unspecified atom stereocenters. The molecule has 2 aromatic carbocycles. The summed E-state index contributed by atoms with van der Waals surface area (Å²) in [4.78, 5) is 23.9. The molecule has 2 N–H and O–H groups in total. The molecule has 0 saturated carbocycles. The van der Waals surface area contributed by atoms with Crippen LogP contribution in [0, 0.1) is 30.2 Å². The number of carbonyl (C=O) groups excluding carboxylic acids is 1. The number of ether oxygens (including phenoxy) is 1. The number of hydroxylamine groups is 2. The van der Waals surface area contributed by atoms with Gasteiger partial charge in [-0.2, -0.15) is 15.3 Å². The second kappa shape index (κ2) is 12.3. The molecule has 1 fully saturated rings. The fourth-order valence-electron chi connectivity index (χ4n) is 5.24. The van der Waals surface area contributed by atoms with Crippen LogP contribution in [0.3, 0.4) is 0 Å². The molecule has 5 aromatic rings. The Morgan fingerprint density at radius 3 is 2.53 bits per heavy atom. The molecule has 1 aliphatic heterocycles. The Morgan fingerprint density at radius 2 is 1.80 bits per heavy atom. The van der Waals surface area contributed by atoms with Crippen molar-refractivity contribution >= 4 is 22.9 Å². The number of hydrogen-bond acceptors (Lipinski definition) is 7. The predicted octanol–water partition coefficient (Wildman–Crippen LogP) is 4.81. The molecule has 0 bridgehead atoms. The molecule has 15 heteroatoms. The minimum absolute atomic E-state index is 0.156. The monoisotopic (exact) mass is 624 g/mol. The van der Waals surface area contributed by atoms with Gasteiger partial charge in [-0.3, -0.25) is 14.8 Å². The van der Waals surface area contributed by atoms with E-state index in [9.17, 15) is 22.4 Å². The topological polar surface area (TPSA) is 111 Å². The zero-order valence-corrected chi connectivity index (χ0v) is 24.4. The summed E-state index contributed by atoms with van der Waals surface area (Å²) in [6.07, 6.45) is 2.42. The predicted molar refractivity (Wildman–Crippen MR) is 155 cm³/mol. The average Bonchev–Trinajstić information content (AvgIpc) is 3.70. The summed E-state index contributed by atoms with van der Waals surface area (Å²) in [6, 6.07) is 7.13. The summed E-state index contributed by atoms with van der Waals surface area (Å²) < 4.78 is 63.9. The van der Waals surface area contributed by atoms with Gasteiger partial charge in [-0.15, -0.1) is 0 Å². The number of hydrogen-bond donors (Lipinski definition) is 2. The van der Waals surface area contributed by atoms with E-state index < -0.39 is 41.4 Å². The number of amides is 2. The van der Waals surface area contributed by atoms with Gasteiger partial charge in [0.05, 0.1) is 30.2 Å². The third kappa shape index (κ3) is 5.96. The largest absolute Gasteiger partial charge is 0.383 e. The molecular formula is C30H28F4N8O3. The number of urea groups is 1. The second-order valence-electron chi connectivity index (χ2n) is 10.5. The quantitative estimate of drug-likeness (QED) is 0.239. The van der Waals surface area contributed by atoms with Crippen LogP contribution in [0.2, 0.25) is 0 Å². The zero-order valence-electron chi connectivity index (χ0n) is 24.4. The van der Waals surface area contributed by atoms with E-state index in [1.807, 2.05) is 6.07 Å². The normalized spacial score (nSPS) is 16.9. The fourth-order valence-corrected chi connectivity index (χ4v) is 5.24. The molecule has 0 aliphatic carbocycles. The van der Waals surface area contributed by atoms with Gasteiger partial charge in [0.2, 0.25) is 0 Å². The summed E-state index contributed by atoms with van der Waals surface area (Å²) in [6.45, 7) is 2.62. The van der Waals surface area contributed by atoms with Gasteiger partial charge in [-0.1, -0.05) is 6.07 Å². The van der Waals surface area contributed by atoms with Crippen molar-refractivity contribution in [1.82, 2.24) is 34.9 Å². The van der Waals surface area contributed by atoms with E-state index in [0.717, 1.165) is 29.7 Å². The molecule has 6 rings (SSSR count). The van der Waals surface area contributed by atoms with Crippen molar-refractivity contribution in [2.45, 2.75) is 19.1 Å². The smallest absolute Gasteiger partial charge is 0.320 e. The lowest BCUT2D eigenvalue weighted by atomic mass is 10.0. The van der Waals surface area contributed by atoms with Crippen LogP contribution >= 0.6 is 0 Å². The molecule has 3 aromatic heterocycles. The Hall–Kier alpha value is -4.86. The van der Waals surface area contributed by atoms with E-state index in [2.05, 4.69) is 25.8 Å². The highest BCUT2D eigenvalue weighted by molar-refractivity contribution is 5.91. The second-order valence-corrected chi connectivity index (χ2v) is 10.5. The van der Waals surface area contributed by atoms with Crippen molar-refractivity contribution in [3.63, 3.8) is 0 Å². The van der Waals surface area contributed by atoms with Gasteiger partial charge in [-0.05, 0) is 42.8 Å². The van der Waals surface area contributed by atoms with Crippen molar-refractivity contribution in [2.24, 2.45) is 7.05 Å². The van der Waals surface area contributed by atoms with E-state index in [1.165, 1.54) is 23.9 Å². The molecule has 2 atom stereocenters. The number of aromatic nitrogens is 5. The minimum atomic E-state index is -1.09.